The lowest BCUT2D eigenvalue weighted by Gasteiger charge is -2.29. The second kappa shape index (κ2) is 6.12. The normalized spacial score (nSPS) is 11.8. The molecule has 1 heterocycles. The van der Waals surface area contributed by atoms with Gasteiger partial charge >= 0.3 is 0 Å². The van der Waals surface area contributed by atoms with Crippen molar-refractivity contribution in [2.75, 3.05) is 11.8 Å². The zero-order chi connectivity index (χ0) is 13.9. The second-order valence-electron chi connectivity index (χ2n) is 4.53. The summed E-state index contributed by atoms with van der Waals surface area (Å²) in [4.78, 5) is 4.25. The molecule has 0 fully saturated rings. The number of hydrogen-bond donors (Lipinski definition) is 0. The Morgan fingerprint density at radius 2 is 2.00 bits per heavy atom. The Kier molecular flexibility index (Phi) is 4.71. The van der Waals surface area contributed by atoms with Gasteiger partial charge in [-0.2, -0.15) is 5.10 Å². The molecule has 0 N–H and O–H groups in total. The maximum atomic E-state index is 6.20. The Morgan fingerprint density at radius 1 is 1.26 bits per heavy atom. The lowest BCUT2D eigenvalue weighted by atomic mass is 9.81. The van der Waals surface area contributed by atoms with Crippen LogP contribution in [0, 0.1) is 0 Å². The minimum Gasteiger partial charge on any atom is -0.253 e. The summed E-state index contributed by atoms with van der Waals surface area (Å²) in [5.41, 5.74) is 0.627. The fourth-order valence-corrected chi connectivity index (χ4v) is 2.96. The lowest BCUT2D eigenvalue weighted by molar-refractivity contribution is 0.503. The van der Waals surface area contributed by atoms with E-state index in [0.717, 1.165) is 11.4 Å². The molecule has 0 bridgehead atoms. The molecule has 0 spiro atoms. The van der Waals surface area contributed by atoms with E-state index >= 15 is 0 Å². The van der Waals surface area contributed by atoms with Crippen molar-refractivity contribution in [3.8, 4) is 0 Å². The van der Waals surface area contributed by atoms with Crippen LogP contribution in [-0.4, -0.2) is 26.5 Å². The topological polar surface area (TPSA) is 30.7 Å². The highest BCUT2D eigenvalue weighted by molar-refractivity contribution is 6.30. The molecule has 0 saturated heterocycles. The molecule has 19 heavy (non-hydrogen) atoms. The van der Waals surface area contributed by atoms with Crippen LogP contribution in [-0.2, 0) is 18.9 Å². The molecule has 0 aliphatic carbocycles. The Morgan fingerprint density at radius 3 is 2.53 bits per heavy atom. The standard InChI is InChI=1S/C13H14Cl3N3/c1-19-12(17-9-18-19)6-13(7-14,8-15)10-3-2-4-11(16)5-10/h2-5,9H,6-8H2,1H3. The summed E-state index contributed by atoms with van der Waals surface area (Å²) in [5, 5.41) is 4.75. The molecule has 3 nitrogen and oxygen atoms in total. The van der Waals surface area contributed by atoms with Gasteiger partial charge in [0.2, 0.25) is 0 Å². The average molecular weight is 319 g/mol. The van der Waals surface area contributed by atoms with E-state index in [4.69, 9.17) is 34.8 Å². The predicted octanol–water partition coefficient (Wildman–Crippen LogP) is 3.43. The van der Waals surface area contributed by atoms with Crippen molar-refractivity contribution in [3.05, 3.63) is 47.0 Å². The van der Waals surface area contributed by atoms with Gasteiger partial charge in [0.1, 0.15) is 12.2 Å². The van der Waals surface area contributed by atoms with Crippen molar-refractivity contribution in [1.29, 1.82) is 0 Å². The highest BCUT2D eigenvalue weighted by Crippen LogP contribution is 2.32. The van der Waals surface area contributed by atoms with Gasteiger partial charge in [-0.3, -0.25) is 4.68 Å². The van der Waals surface area contributed by atoms with Gasteiger partial charge in [-0.25, -0.2) is 4.98 Å². The molecule has 0 aliphatic heterocycles. The number of alkyl halides is 2. The van der Waals surface area contributed by atoms with Gasteiger partial charge in [0.15, 0.2) is 0 Å². The third kappa shape index (κ3) is 3.04. The molecule has 102 valence electrons. The molecule has 2 aromatic rings. The molecule has 6 heteroatoms. The fraction of sp³-hybridized carbons (Fsp3) is 0.385. The third-order valence-electron chi connectivity index (χ3n) is 3.25. The molecule has 0 atom stereocenters. The van der Waals surface area contributed by atoms with E-state index in [-0.39, 0.29) is 0 Å². The number of nitrogens with zero attached hydrogens (tertiary/aromatic N) is 3. The van der Waals surface area contributed by atoms with E-state index in [1.807, 2.05) is 31.3 Å². The van der Waals surface area contributed by atoms with Crippen molar-refractivity contribution in [2.24, 2.45) is 7.05 Å². The molecular formula is C13H14Cl3N3. The minimum absolute atomic E-state index is 0.393. The minimum atomic E-state index is -0.394. The number of aromatic nitrogens is 3. The lowest BCUT2D eigenvalue weighted by Crippen LogP contribution is -2.34. The fourth-order valence-electron chi connectivity index (χ4n) is 1.99. The van der Waals surface area contributed by atoms with Gasteiger partial charge in [0.05, 0.1) is 0 Å². The Bertz CT molecular complexity index is 550. The summed E-state index contributed by atoms with van der Waals surface area (Å²) in [6, 6.07) is 7.64. The molecule has 0 amide bonds. The van der Waals surface area contributed by atoms with Crippen molar-refractivity contribution >= 4 is 34.8 Å². The number of rotatable bonds is 5. The number of hydrogen-bond acceptors (Lipinski definition) is 2. The first-order valence-corrected chi connectivity index (χ1v) is 7.27. The summed E-state index contributed by atoms with van der Waals surface area (Å²) in [5.74, 6) is 1.63. The van der Waals surface area contributed by atoms with Gasteiger partial charge in [0, 0.05) is 35.7 Å². The van der Waals surface area contributed by atoms with E-state index in [2.05, 4.69) is 10.1 Å². The average Bonchev–Trinajstić information content (AvgIpc) is 2.81. The van der Waals surface area contributed by atoms with Gasteiger partial charge < -0.3 is 0 Å². The molecular weight excluding hydrogens is 305 g/mol. The molecule has 1 aromatic heterocycles. The van der Waals surface area contributed by atoms with Gasteiger partial charge in [0.25, 0.3) is 0 Å². The molecule has 0 aliphatic rings. The molecule has 0 unspecified atom stereocenters. The third-order valence-corrected chi connectivity index (χ3v) is 4.51. The van der Waals surface area contributed by atoms with Crippen molar-refractivity contribution in [2.45, 2.75) is 11.8 Å². The van der Waals surface area contributed by atoms with Crippen LogP contribution in [0.5, 0.6) is 0 Å². The van der Waals surface area contributed by atoms with Crippen molar-refractivity contribution < 1.29 is 0 Å². The van der Waals surface area contributed by atoms with Crippen LogP contribution in [0.2, 0.25) is 5.02 Å². The quantitative estimate of drug-likeness (QED) is 0.791. The highest BCUT2D eigenvalue weighted by atomic mass is 35.5. The monoisotopic (exact) mass is 317 g/mol. The Balaban J connectivity index is 2.40. The maximum Gasteiger partial charge on any atom is 0.138 e. The first kappa shape index (κ1) is 14.6. The van der Waals surface area contributed by atoms with Gasteiger partial charge in [-0.15, -0.1) is 23.2 Å². The zero-order valence-electron chi connectivity index (χ0n) is 10.5. The summed E-state index contributed by atoms with van der Waals surface area (Å²) in [6.45, 7) is 0. The van der Waals surface area contributed by atoms with E-state index in [9.17, 15) is 0 Å². The van der Waals surface area contributed by atoms with Crippen LogP contribution in [0.1, 0.15) is 11.4 Å². The van der Waals surface area contributed by atoms with Gasteiger partial charge in [-0.05, 0) is 17.7 Å². The zero-order valence-corrected chi connectivity index (χ0v) is 12.8. The van der Waals surface area contributed by atoms with E-state index < -0.39 is 5.41 Å². The van der Waals surface area contributed by atoms with E-state index in [1.165, 1.54) is 6.33 Å². The molecule has 2 rings (SSSR count). The van der Waals surface area contributed by atoms with Crippen LogP contribution in [0.4, 0.5) is 0 Å². The SMILES string of the molecule is Cn1ncnc1CC(CCl)(CCl)c1cccc(Cl)c1. The van der Waals surface area contributed by atoms with Crippen molar-refractivity contribution in [1.82, 2.24) is 14.8 Å². The number of halogens is 3. The first-order chi connectivity index (χ1) is 9.11. The Hall–Kier alpha value is -0.770. The van der Waals surface area contributed by atoms with E-state index in [1.54, 1.807) is 4.68 Å². The highest BCUT2D eigenvalue weighted by Gasteiger charge is 2.32. The number of benzene rings is 1. The smallest absolute Gasteiger partial charge is 0.138 e. The number of aryl methyl sites for hydroxylation is 1. The molecule has 0 saturated carbocycles. The molecule has 1 aromatic carbocycles. The summed E-state index contributed by atoms with van der Waals surface area (Å²) < 4.78 is 1.73. The van der Waals surface area contributed by atoms with Crippen LogP contribution in [0.15, 0.2) is 30.6 Å². The maximum absolute atomic E-state index is 6.20. The molecule has 0 radical (unpaired) electrons. The first-order valence-electron chi connectivity index (χ1n) is 5.82. The summed E-state index contributed by atoms with van der Waals surface area (Å²) in [6.07, 6.45) is 2.15. The van der Waals surface area contributed by atoms with Crippen LogP contribution >= 0.6 is 34.8 Å². The van der Waals surface area contributed by atoms with E-state index in [0.29, 0.717) is 23.2 Å². The second-order valence-corrected chi connectivity index (χ2v) is 5.51. The van der Waals surface area contributed by atoms with Crippen LogP contribution in [0.3, 0.4) is 0 Å². The van der Waals surface area contributed by atoms with Crippen molar-refractivity contribution in [3.63, 3.8) is 0 Å². The summed E-state index contributed by atoms with van der Waals surface area (Å²) >= 11 is 18.4. The van der Waals surface area contributed by atoms with Crippen LogP contribution in [0.25, 0.3) is 0 Å². The Labute approximate surface area is 127 Å². The predicted molar refractivity (Wildman–Crippen MR) is 79.3 cm³/mol. The van der Waals surface area contributed by atoms with Crippen LogP contribution < -0.4 is 0 Å². The largest absolute Gasteiger partial charge is 0.253 e. The summed E-state index contributed by atoms with van der Waals surface area (Å²) in [7, 11) is 1.85. The van der Waals surface area contributed by atoms with Gasteiger partial charge in [-0.1, -0.05) is 23.7 Å².